The second-order valence-corrected chi connectivity index (χ2v) is 10.0. The molecule has 0 spiro atoms. The van der Waals surface area contributed by atoms with Gasteiger partial charge in [-0.2, -0.15) is 5.10 Å². The van der Waals surface area contributed by atoms with E-state index < -0.39 is 5.54 Å². The topological polar surface area (TPSA) is 67.2 Å². The number of carbonyl (C=O) groups is 2. The second-order valence-electron chi connectivity index (χ2n) is 10.0. The fourth-order valence-corrected chi connectivity index (χ4v) is 4.53. The molecule has 1 atom stereocenters. The molecule has 0 unspecified atom stereocenters. The lowest BCUT2D eigenvalue weighted by Gasteiger charge is -2.44. The van der Waals surface area contributed by atoms with Crippen LogP contribution in [0.3, 0.4) is 0 Å². The summed E-state index contributed by atoms with van der Waals surface area (Å²) in [7, 11) is 0. The molecule has 1 N–H and O–H groups in total. The number of hydrogen-bond donors (Lipinski definition) is 1. The third-order valence-corrected chi connectivity index (χ3v) is 6.44. The lowest BCUT2D eigenvalue weighted by Crippen LogP contribution is -2.65. The van der Waals surface area contributed by atoms with Crippen LogP contribution in [0.25, 0.3) is 0 Å². The molecular formula is C24H31FN4O2. The Balaban J connectivity index is 1.76. The van der Waals surface area contributed by atoms with Gasteiger partial charge in [0.15, 0.2) is 0 Å². The smallest absolute Gasteiger partial charge is 0.277 e. The van der Waals surface area contributed by atoms with Crippen LogP contribution in [0, 0.1) is 5.82 Å². The zero-order valence-electron chi connectivity index (χ0n) is 18.7. The van der Waals surface area contributed by atoms with Gasteiger partial charge in [-0.1, -0.05) is 40.0 Å². The van der Waals surface area contributed by atoms with Crippen LogP contribution < -0.4 is 10.2 Å². The molecule has 1 aliphatic carbocycles. The number of fused-ring (bicyclic) bond motifs is 1. The maximum Gasteiger partial charge on any atom is 0.277 e. The fourth-order valence-electron chi connectivity index (χ4n) is 4.53. The van der Waals surface area contributed by atoms with E-state index in [1.165, 1.54) is 23.5 Å². The summed E-state index contributed by atoms with van der Waals surface area (Å²) in [5.41, 5.74) is 0.327. The van der Waals surface area contributed by atoms with E-state index in [0.29, 0.717) is 11.4 Å². The summed E-state index contributed by atoms with van der Waals surface area (Å²) in [6.45, 7) is 8.13. The van der Waals surface area contributed by atoms with Crippen molar-refractivity contribution >= 4 is 17.5 Å². The van der Waals surface area contributed by atoms with E-state index in [-0.39, 0.29) is 35.6 Å². The van der Waals surface area contributed by atoms with Crippen LogP contribution in [0.1, 0.15) is 76.0 Å². The number of rotatable bonds is 3. The van der Waals surface area contributed by atoms with Gasteiger partial charge in [0, 0.05) is 17.1 Å². The Labute approximate surface area is 182 Å². The van der Waals surface area contributed by atoms with Crippen LogP contribution in [0.5, 0.6) is 0 Å². The summed E-state index contributed by atoms with van der Waals surface area (Å²) in [6.07, 6.45) is 5.29. The van der Waals surface area contributed by atoms with Gasteiger partial charge in [0.2, 0.25) is 5.91 Å². The van der Waals surface area contributed by atoms with Crippen molar-refractivity contribution in [2.45, 2.75) is 83.3 Å². The Kier molecular flexibility index (Phi) is 5.40. The Hall–Kier alpha value is -2.70. The Bertz CT molecular complexity index is 986. The first-order chi connectivity index (χ1) is 14.6. The number of benzene rings is 1. The van der Waals surface area contributed by atoms with E-state index in [1.54, 1.807) is 29.8 Å². The van der Waals surface area contributed by atoms with Gasteiger partial charge in [-0.25, -0.2) is 4.39 Å². The Morgan fingerprint density at radius 3 is 2.42 bits per heavy atom. The van der Waals surface area contributed by atoms with Crippen molar-refractivity contribution in [3.05, 3.63) is 47.5 Å². The number of anilines is 1. The molecule has 6 nitrogen and oxygen atoms in total. The van der Waals surface area contributed by atoms with E-state index in [2.05, 4.69) is 10.4 Å². The minimum absolute atomic E-state index is 0.118. The van der Waals surface area contributed by atoms with E-state index in [0.717, 1.165) is 31.4 Å². The van der Waals surface area contributed by atoms with Crippen LogP contribution in [0.4, 0.5) is 10.1 Å². The lowest BCUT2D eigenvalue weighted by atomic mass is 9.90. The number of hydrogen-bond acceptors (Lipinski definition) is 3. The first-order valence-corrected chi connectivity index (χ1v) is 11.1. The van der Waals surface area contributed by atoms with Crippen LogP contribution in [0.15, 0.2) is 30.3 Å². The van der Waals surface area contributed by atoms with Crippen molar-refractivity contribution in [2.75, 3.05) is 4.90 Å². The summed E-state index contributed by atoms with van der Waals surface area (Å²) >= 11 is 0. The van der Waals surface area contributed by atoms with Crippen LogP contribution in [-0.2, 0) is 16.8 Å². The number of amides is 2. The van der Waals surface area contributed by atoms with Crippen LogP contribution in [-0.4, -0.2) is 33.2 Å². The van der Waals surface area contributed by atoms with Crippen molar-refractivity contribution in [3.63, 3.8) is 0 Å². The van der Waals surface area contributed by atoms with E-state index in [9.17, 15) is 14.0 Å². The number of nitrogens with zero attached hydrogens (tertiary/aromatic N) is 3. The molecule has 31 heavy (non-hydrogen) atoms. The maximum absolute atomic E-state index is 13.6. The molecular weight excluding hydrogens is 395 g/mol. The molecule has 1 aliphatic heterocycles. The Morgan fingerprint density at radius 2 is 1.81 bits per heavy atom. The number of nitrogens with one attached hydrogen (secondary N) is 1. The fraction of sp³-hybridized carbons (Fsp3) is 0.542. The summed E-state index contributed by atoms with van der Waals surface area (Å²) in [5, 5.41) is 7.85. The molecule has 2 amide bonds. The summed E-state index contributed by atoms with van der Waals surface area (Å²) in [4.78, 5) is 28.7. The first kappa shape index (κ1) is 21.5. The monoisotopic (exact) mass is 426 g/mol. The second kappa shape index (κ2) is 7.77. The summed E-state index contributed by atoms with van der Waals surface area (Å²) in [5.74, 6) is -0.890. The van der Waals surface area contributed by atoms with E-state index >= 15 is 0 Å². The third kappa shape index (κ3) is 3.98. The summed E-state index contributed by atoms with van der Waals surface area (Å²) in [6, 6.07) is 7.65. The standard InChI is InChI=1S/C24H31FN4O2/c1-23(2,3)20-14-19-21(30)29(18-12-10-16(25)11-13-18)24(4,15-28(19)27-20)22(31)26-17-8-6-5-7-9-17/h10-14,17H,5-9,15H2,1-4H3,(H,26,31)/t24-/m1/s1. The average molecular weight is 427 g/mol. The van der Waals surface area contributed by atoms with Gasteiger partial charge in [-0.05, 0) is 50.1 Å². The predicted octanol–water partition coefficient (Wildman–Crippen LogP) is 4.19. The van der Waals surface area contributed by atoms with Gasteiger partial charge in [0.25, 0.3) is 5.91 Å². The molecule has 1 saturated carbocycles. The largest absolute Gasteiger partial charge is 0.351 e. The Morgan fingerprint density at radius 1 is 1.16 bits per heavy atom. The molecule has 7 heteroatoms. The highest BCUT2D eigenvalue weighted by Crippen LogP contribution is 2.35. The molecule has 4 rings (SSSR count). The highest BCUT2D eigenvalue weighted by Gasteiger charge is 2.49. The summed E-state index contributed by atoms with van der Waals surface area (Å²) < 4.78 is 15.2. The SMILES string of the molecule is CC(C)(C)c1cc2n(n1)C[C@](C)(C(=O)NC1CCCCC1)N(c1ccc(F)cc1)C2=O. The number of halogens is 1. The highest BCUT2D eigenvalue weighted by atomic mass is 19.1. The highest BCUT2D eigenvalue weighted by molar-refractivity contribution is 6.11. The minimum Gasteiger partial charge on any atom is -0.351 e. The van der Waals surface area contributed by atoms with E-state index in [4.69, 9.17) is 0 Å². The quantitative estimate of drug-likeness (QED) is 0.800. The molecule has 0 bridgehead atoms. The van der Waals surface area contributed by atoms with Crippen LogP contribution >= 0.6 is 0 Å². The van der Waals surface area contributed by atoms with Gasteiger partial charge in [0.05, 0.1) is 12.2 Å². The molecule has 1 fully saturated rings. The minimum atomic E-state index is -1.18. The van der Waals surface area contributed by atoms with Gasteiger partial charge >= 0.3 is 0 Å². The molecule has 2 heterocycles. The van der Waals surface area contributed by atoms with Crippen molar-refractivity contribution < 1.29 is 14.0 Å². The zero-order chi connectivity index (χ0) is 22.4. The lowest BCUT2D eigenvalue weighted by molar-refractivity contribution is -0.127. The molecule has 166 valence electrons. The molecule has 0 saturated heterocycles. The molecule has 2 aliphatic rings. The van der Waals surface area contributed by atoms with Gasteiger partial charge < -0.3 is 5.32 Å². The van der Waals surface area contributed by atoms with Gasteiger partial charge in [0.1, 0.15) is 17.1 Å². The van der Waals surface area contributed by atoms with Crippen molar-refractivity contribution in [1.29, 1.82) is 0 Å². The average Bonchev–Trinajstić information content (AvgIpc) is 3.15. The molecule has 1 aromatic heterocycles. The number of aromatic nitrogens is 2. The predicted molar refractivity (Wildman–Crippen MR) is 118 cm³/mol. The van der Waals surface area contributed by atoms with Crippen molar-refractivity contribution in [2.24, 2.45) is 0 Å². The molecule has 1 aromatic carbocycles. The van der Waals surface area contributed by atoms with E-state index in [1.807, 2.05) is 20.8 Å². The maximum atomic E-state index is 13.6. The van der Waals surface area contributed by atoms with Gasteiger partial charge in [-0.15, -0.1) is 0 Å². The van der Waals surface area contributed by atoms with Crippen molar-refractivity contribution in [3.8, 4) is 0 Å². The van der Waals surface area contributed by atoms with Crippen molar-refractivity contribution in [1.82, 2.24) is 15.1 Å². The van der Waals surface area contributed by atoms with Gasteiger partial charge in [-0.3, -0.25) is 19.2 Å². The number of carbonyl (C=O) groups excluding carboxylic acids is 2. The molecule has 2 aromatic rings. The molecule has 0 radical (unpaired) electrons. The van der Waals surface area contributed by atoms with Crippen LogP contribution in [0.2, 0.25) is 0 Å². The third-order valence-electron chi connectivity index (χ3n) is 6.44. The zero-order valence-corrected chi connectivity index (χ0v) is 18.7. The first-order valence-electron chi connectivity index (χ1n) is 11.1. The normalized spacial score (nSPS) is 22.4.